The van der Waals surface area contributed by atoms with Gasteiger partial charge >= 0.3 is 5.97 Å². The fraction of sp³-hybridized carbons (Fsp3) is 0.833. The van der Waals surface area contributed by atoms with Gasteiger partial charge in [-0.25, -0.2) is 4.72 Å². The molecule has 0 rings (SSSR count). The van der Waals surface area contributed by atoms with E-state index in [-0.39, 0.29) is 6.54 Å². The summed E-state index contributed by atoms with van der Waals surface area (Å²) < 4.78 is 26.0. The molecule has 0 aromatic heterocycles. The molecule has 8 heteroatoms. The molecule has 0 saturated heterocycles. The van der Waals surface area contributed by atoms with Gasteiger partial charge in [0.15, 0.2) is 0 Å². The minimum Gasteiger partial charge on any atom is -0.480 e. The van der Waals surface area contributed by atoms with E-state index >= 15 is 0 Å². The van der Waals surface area contributed by atoms with Crippen LogP contribution in [0.3, 0.4) is 0 Å². The molecule has 0 saturated carbocycles. The molecule has 7 nitrogen and oxygen atoms in total. The van der Waals surface area contributed by atoms with Gasteiger partial charge in [-0.3, -0.25) is 4.79 Å². The van der Waals surface area contributed by atoms with E-state index in [4.69, 9.17) is 10.2 Å². The summed E-state index contributed by atoms with van der Waals surface area (Å²) in [6.07, 6.45) is -1.30. The van der Waals surface area contributed by atoms with E-state index in [2.05, 4.69) is 0 Å². The normalized spacial score (nSPS) is 16.2. The quantitative estimate of drug-likeness (QED) is 0.429. The first-order valence-corrected chi connectivity index (χ1v) is 5.46. The fourth-order valence-corrected chi connectivity index (χ4v) is 1.85. The molecule has 0 amide bonds. The lowest BCUT2D eigenvalue weighted by atomic mass is 10.2. The summed E-state index contributed by atoms with van der Waals surface area (Å²) >= 11 is 0. The number of rotatable bonds is 6. The van der Waals surface area contributed by atoms with Crippen LogP contribution in [0, 0.1) is 0 Å². The minimum absolute atomic E-state index is 0.140. The van der Waals surface area contributed by atoms with Crippen LogP contribution in [0.1, 0.15) is 13.8 Å². The Bertz CT molecular complexity index is 287. The lowest BCUT2D eigenvalue weighted by Gasteiger charge is -2.16. The Hall–Kier alpha value is -0.700. The molecule has 0 aromatic carbocycles. The number of aliphatic hydroxyl groups excluding tert-OH is 1. The van der Waals surface area contributed by atoms with Crippen molar-refractivity contribution < 1.29 is 23.4 Å². The molecular formula is C6H14N2O5S. The van der Waals surface area contributed by atoms with E-state index in [1.165, 1.54) is 6.92 Å². The third-order valence-corrected chi connectivity index (χ3v) is 2.60. The zero-order valence-corrected chi connectivity index (χ0v) is 8.71. The second-order valence-corrected chi connectivity index (χ2v) is 4.21. The first kappa shape index (κ1) is 13.3. The van der Waals surface area contributed by atoms with Crippen molar-refractivity contribution in [3.8, 4) is 0 Å². The molecule has 0 unspecified atom stereocenters. The SMILES string of the molecule is CCNS(=O)(=O)N[C@H](C(=O)O)[C@@H](C)O. The molecule has 14 heavy (non-hydrogen) atoms. The van der Waals surface area contributed by atoms with E-state index in [9.17, 15) is 13.2 Å². The van der Waals surface area contributed by atoms with Crippen molar-refractivity contribution in [2.24, 2.45) is 0 Å². The number of aliphatic carboxylic acids is 1. The summed E-state index contributed by atoms with van der Waals surface area (Å²) in [6.45, 7) is 2.88. The Labute approximate surface area is 82.3 Å². The van der Waals surface area contributed by atoms with Gasteiger partial charge in [-0.05, 0) is 6.92 Å². The van der Waals surface area contributed by atoms with Crippen LogP contribution in [0.2, 0.25) is 0 Å². The van der Waals surface area contributed by atoms with Crippen molar-refractivity contribution in [1.29, 1.82) is 0 Å². The predicted octanol–water partition coefficient (Wildman–Crippen LogP) is -1.74. The second-order valence-electron chi connectivity index (χ2n) is 2.68. The molecule has 0 bridgehead atoms. The van der Waals surface area contributed by atoms with Gasteiger partial charge < -0.3 is 10.2 Å². The van der Waals surface area contributed by atoms with Crippen LogP contribution >= 0.6 is 0 Å². The average molecular weight is 226 g/mol. The molecule has 0 aliphatic heterocycles. The Morgan fingerprint density at radius 1 is 1.50 bits per heavy atom. The van der Waals surface area contributed by atoms with E-state index in [1.807, 2.05) is 4.72 Å². The molecule has 2 atom stereocenters. The van der Waals surface area contributed by atoms with Crippen molar-refractivity contribution in [1.82, 2.24) is 9.44 Å². The first-order valence-electron chi connectivity index (χ1n) is 3.98. The maximum Gasteiger partial charge on any atom is 0.324 e. The molecule has 0 aliphatic carbocycles. The zero-order chi connectivity index (χ0) is 11.4. The number of aliphatic hydroxyl groups is 1. The average Bonchev–Trinajstić information content (AvgIpc) is 1.99. The second kappa shape index (κ2) is 5.25. The molecule has 0 radical (unpaired) electrons. The third kappa shape index (κ3) is 4.51. The van der Waals surface area contributed by atoms with Crippen molar-refractivity contribution in [2.75, 3.05) is 6.54 Å². The third-order valence-electron chi connectivity index (χ3n) is 1.36. The van der Waals surface area contributed by atoms with E-state index in [0.717, 1.165) is 0 Å². The van der Waals surface area contributed by atoms with Gasteiger partial charge in [0.2, 0.25) is 0 Å². The fourth-order valence-electron chi connectivity index (χ4n) is 0.754. The highest BCUT2D eigenvalue weighted by Crippen LogP contribution is 1.94. The Balaban J connectivity index is 4.53. The molecular weight excluding hydrogens is 212 g/mol. The first-order chi connectivity index (χ1) is 6.30. The van der Waals surface area contributed by atoms with Crippen molar-refractivity contribution >= 4 is 16.2 Å². The van der Waals surface area contributed by atoms with Gasteiger partial charge in [-0.15, -0.1) is 0 Å². The Morgan fingerprint density at radius 3 is 2.29 bits per heavy atom. The van der Waals surface area contributed by atoms with Crippen molar-refractivity contribution in [2.45, 2.75) is 26.0 Å². The van der Waals surface area contributed by atoms with Crippen LogP contribution in [-0.4, -0.2) is 43.3 Å². The zero-order valence-electron chi connectivity index (χ0n) is 7.89. The molecule has 84 valence electrons. The number of carboxylic acids is 1. The summed E-state index contributed by atoms with van der Waals surface area (Å²) in [7, 11) is -3.86. The number of carbonyl (C=O) groups is 1. The number of hydrogen-bond acceptors (Lipinski definition) is 4. The highest BCUT2D eigenvalue weighted by molar-refractivity contribution is 7.87. The van der Waals surface area contributed by atoms with Crippen LogP contribution in [0.15, 0.2) is 0 Å². The smallest absolute Gasteiger partial charge is 0.324 e. The lowest BCUT2D eigenvalue weighted by Crippen LogP contribution is -2.51. The Morgan fingerprint density at radius 2 is 2.00 bits per heavy atom. The van der Waals surface area contributed by atoms with Gasteiger partial charge in [-0.1, -0.05) is 6.92 Å². The lowest BCUT2D eigenvalue weighted by molar-refractivity contribution is -0.141. The number of hydrogen-bond donors (Lipinski definition) is 4. The van der Waals surface area contributed by atoms with Crippen molar-refractivity contribution in [3.05, 3.63) is 0 Å². The summed E-state index contributed by atoms with van der Waals surface area (Å²) in [6, 6.07) is -1.54. The van der Waals surface area contributed by atoms with Crippen LogP contribution in [-0.2, 0) is 15.0 Å². The largest absolute Gasteiger partial charge is 0.480 e. The summed E-state index contributed by atoms with van der Waals surface area (Å²) in [5.41, 5.74) is 0. The van der Waals surface area contributed by atoms with Gasteiger partial charge in [0.25, 0.3) is 10.2 Å². The summed E-state index contributed by atoms with van der Waals surface area (Å²) in [5.74, 6) is -1.43. The monoisotopic (exact) mass is 226 g/mol. The topological polar surface area (TPSA) is 116 Å². The van der Waals surface area contributed by atoms with Gasteiger partial charge in [0, 0.05) is 6.54 Å². The summed E-state index contributed by atoms with van der Waals surface area (Å²) in [5, 5.41) is 17.5. The molecule has 0 heterocycles. The van der Waals surface area contributed by atoms with Crippen LogP contribution in [0.4, 0.5) is 0 Å². The maximum atomic E-state index is 11.1. The highest BCUT2D eigenvalue weighted by Gasteiger charge is 2.27. The van der Waals surface area contributed by atoms with Gasteiger partial charge in [-0.2, -0.15) is 13.1 Å². The van der Waals surface area contributed by atoms with E-state index in [1.54, 1.807) is 11.6 Å². The van der Waals surface area contributed by atoms with Gasteiger partial charge in [0.1, 0.15) is 6.04 Å². The number of nitrogens with one attached hydrogen (secondary N) is 2. The van der Waals surface area contributed by atoms with Gasteiger partial charge in [0.05, 0.1) is 6.10 Å². The Kier molecular flexibility index (Phi) is 4.99. The number of carboxylic acid groups (broad SMARTS) is 1. The van der Waals surface area contributed by atoms with Crippen LogP contribution in [0.25, 0.3) is 0 Å². The maximum absolute atomic E-state index is 11.1. The minimum atomic E-state index is -3.86. The van der Waals surface area contributed by atoms with Crippen LogP contribution in [0.5, 0.6) is 0 Å². The molecule has 0 spiro atoms. The molecule has 4 N–H and O–H groups in total. The highest BCUT2D eigenvalue weighted by atomic mass is 32.2. The standard InChI is InChI=1S/C6H14N2O5S/c1-3-7-14(12,13)8-5(4(2)9)6(10)11/h4-5,7-9H,3H2,1-2H3,(H,10,11)/t4-,5+/m1/s1. The predicted molar refractivity (Wildman–Crippen MR) is 48.8 cm³/mol. The van der Waals surface area contributed by atoms with Crippen molar-refractivity contribution in [3.63, 3.8) is 0 Å². The molecule has 0 aromatic rings. The summed E-state index contributed by atoms with van der Waals surface area (Å²) in [4.78, 5) is 10.5. The van der Waals surface area contributed by atoms with E-state index in [0.29, 0.717) is 0 Å². The van der Waals surface area contributed by atoms with Crippen LogP contribution < -0.4 is 9.44 Å². The molecule has 0 aliphatic rings. The molecule has 0 fully saturated rings. The van der Waals surface area contributed by atoms with E-state index < -0.39 is 28.3 Å².